The van der Waals surface area contributed by atoms with Crippen LogP contribution >= 0.6 is 11.6 Å². The van der Waals surface area contributed by atoms with Crippen LogP contribution in [-0.2, 0) is 24.0 Å². The summed E-state index contributed by atoms with van der Waals surface area (Å²) in [6.45, 7) is 5.14. The van der Waals surface area contributed by atoms with E-state index in [1.54, 1.807) is 0 Å². The van der Waals surface area contributed by atoms with Crippen molar-refractivity contribution in [2.75, 3.05) is 31.2 Å². The molecule has 31 heavy (non-hydrogen) atoms. The molecule has 1 aliphatic rings. The molecular weight excluding hydrogens is 412 g/mol. The fourth-order valence-electron chi connectivity index (χ4n) is 3.96. The Bertz CT molecular complexity index is 1060. The van der Waals surface area contributed by atoms with Crippen LogP contribution in [0.2, 0.25) is 5.02 Å². The third-order valence-corrected chi connectivity index (χ3v) is 5.98. The molecule has 3 aromatic rings. The van der Waals surface area contributed by atoms with Gasteiger partial charge in [0, 0.05) is 19.5 Å². The van der Waals surface area contributed by atoms with Gasteiger partial charge in [0.15, 0.2) is 0 Å². The predicted octanol–water partition coefficient (Wildman–Crippen LogP) is 3.68. The Morgan fingerprint density at radius 1 is 1.13 bits per heavy atom. The van der Waals surface area contributed by atoms with E-state index in [1.807, 2.05) is 18.2 Å². The lowest BCUT2D eigenvalue weighted by molar-refractivity contribution is 0.0998. The first-order chi connectivity index (χ1) is 15.0. The van der Waals surface area contributed by atoms with E-state index in [4.69, 9.17) is 22.1 Å². The van der Waals surface area contributed by atoms with Crippen LogP contribution in [-0.4, -0.2) is 42.4 Å². The summed E-state index contributed by atoms with van der Waals surface area (Å²) in [6, 6.07) is 14.4. The van der Waals surface area contributed by atoms with Crippen LogP contribution in [0.4, 0.5) is 5.69 Å². The number of primary amides is 1. The Hall–Kier alpha value is -2.83. The molecule has 0 bridgehead atoms. The van der Waals surface area contributed by atoms with E-state index in [2.05, 4.69) is 46.3 Å². The first kappa shape index (κ1) is 21.4. The zero-order valence-corrected chi connectivity index (χ0v) is 18.4. The SMILES string of the molecule is Cc1ccc(CCc2n[nH]c(Cc3ccc(N4CCOCC4)c(Cl)c3)c2C(N)=O)cc1. The lowest BCUT2D eigenvalue weighted by Crippen LogP contribution is -2.36. The smallest absolute Gasteiger partial charge is 0.252 e. The van der Waals surface area contributed by atoms with Gasteiger partial charge in [-0.1, -0.05) is 47.5 Å². The van der Waals surface area contributed by atoms with E-state index < -0.39 is 5.91 Å². The molecular formula is C24H27ClN4O2. The Morgan fingerprint density at radius 3 is 2.52 bits per heavy atom. The molecule has 0 unspecified atom stereocenters. The summed E-state index contributed by atoms with van der Waals surface area (Å²) < 4.78 is 5.42. The fourth-order valence-corrected chi connectivity index (χ4v) is 4.29. The van der Waals surface area contributed by atoms with Gasteiger partial charge in [0.1, 0.15) is 0 Å². The quantitative estimate of drug-likeness (QED) is 0.589. The van der Waals surface area contributed by atoms with E-state index in [1.165, 1.54) is 11.1 Å². The summed E-state index contributed by atoms with van der Waals surface area (Å²) in [5, 5.41) is 8.12. The molecule has 0 saturated carbocycles. The molecule has 3 N–H and O–H groups in total. The van der Waals surface area contributed by atoms with Gasteiger partial charge in [-0.3, -0.25) is 9.89 Å². The second kappa shape index (κ2) is 9.54. The second-order valence-electron chi connectivity index (χ2n) is 7.94. The molecule has 1 aliphatic heterocycles. The van der Waals surface area contributed by atoms with E-state index in [-0.39, 0.29) is 0 Å². The first-order valence-electron chi connectivity index (χ1n) is 10.5. The van der Waals surface area contributed by atoms with Crippen LogP contribution < -0.4 is 10.6 Å². The molecule has 1 aromatic heterocycles. The van der Waals surface area contributed by atoms with Crippen molar-refractivity contribution in [1.82, 2.24) is 10.2 Å². The molecule has 2 aromatic carbocycles. The number of nitrogens with two attached hydrogens (primary N) is 1. The zero-order valence-electron chi connectivity index (χ0n) is 17.7. The Kier molecular flexibility index (Phi) is 6.59. The summed E-state index contributed by atoms with van der Waals surface area (Å²) in [5.41, 5.74) is 12.1. The number of aromatic nitrogens is 2. The molecule has 162 valence electrons. The average molecular weight is 439 g/mol. The molecule has 0 spiro atoms. The van der Waals surface area contributed by atoms with Crippen LogP contribution in [0.25, 0.3) is 0 Å². The van der Waals surface area contributed by atoms with E-state index >= 15 is 0 Å². The van der Waals surface area contributed by atoms with Crippen molar-refractivity contribution in [3.05, 3.63) is 81.1 Å². The Balaban J connectivity index is 1.49. The fraction of sp³-hybridized carbons (Fsp3) is 0.333. The van der Waals surface area contributed by atoms with Crippen molar-refractivity contribution in [2.45, 2.75) is 26.2 Å². The number of H-pyrrole nitrogens is 1. The van der Waals surface area contributed by atoms with Crippen LogP contribution in [0.3, 0.4) is 0 Å². The maximum absolute atomic E-state index is 12.2. The second-order valence-corrected chi connectivity index (χ2v) is 8.34. The van der Waals surface area contributed by atoms with Crippen LogP contribution in [0.1, 0.15) is 38.4 Å². The minimum absolute atomic E-state index is 0.460. The largest absolute Gasteiger partial charge is 0.378 e. The van der Waals surface area contributed by atoms with Gasteiger partial charge >= 0.3 is 0 Å². The van der Waals surface area contributed by atoms with E-state index in [0.717, 1.165) is 36.5 Å². The number of benzene rings is 2. The third kappa shape index (κ3) is 5.09. The molecule has 0 aliphatic carbocycles. The maximum Gasteiger partial charge on any atom is 0.252 e. The first-order valence-corrected chi connectivity index (χ1v) is 10.9. The lowest BCUT2D eigenvalue weighted by atomic mass is 10.0. The minimum atomic E-state index is -0.460. The number of halogens is 1. The summed E-state index contributed by atoms with van der Waals surface area (Å²) in [6.07, 6.45) is 1.96. The summed E-state index contributed by atoms with van der Waals surface area (Å²) in [4.78, 5) is 14.4. The average Bonchev–Trinajstić information content (AvgIpc) is 3.17. The highest BCUT2D eigenvalue weighted by Gasteiger charge is 2.19. The van der Waals surface area contributed by atoms with Gasteiger partial charge in [0.2, 0.25) is 0 Å². The number of hydrogen-bond acceptors (Lipinski definition) is 4. The van der Waals surface area contributed by atoms with Crippen molar-refractivity contribution in [3.8, 4) is 0 Å². The standard InChI is InChI=1S/C24H27ClN4O2/c1-16-2-4-17(5-3-16)6-8-20-23(24(26)30)21(28-27-20)15-18-7-9-22(19(25)14-18)29-10-12-31-13-11-29/h2-5,7,9,14H,6,8,10-13,15H2,1H3,(H2,26,30)(H,27,28). The monoisotopic (exact) mass is 438 g/mol. The molecule has 0 radical (unpaired) electrons. The van der Waals surface area contributed by atoms with Crippen molar-refractivity contribution in [2.24, 2.45) is 5.73 Å². The number of morpholine rings is 1. The number of anilines is 1. The number of nitrogens with one attached hydrogen (secondary N) is 1. The number of ether oxygens (including phenoxy) is 1. The van der Waals surface area contributed by atoms with Crippen molar-refractivity contribution < 1.29 is 9.53 Å². The Labute approximate surface area is 187 Å². The third-order valence-electron chi connectivity index (χ3n) is 5.68. The molecule has 1 amide bonds. The van der Waals surface area contributed by atoms with Gasteiger partial charge in [-0.2, -0.15) is 5.10 Å². The van der Waals surface area contributed by atoms with Gasteiger partial charge in [-0.15, -0.1) is 0 Å². The molecule has 1 saturated heterocycles. The van der Waals surface area contributed by atoms with Crippen LogP contribution in [0, 0.1) is 6.92 Å². The summed E-state index contributed by atoms with van der Waals surface area (Å²) in [7, 11) is 0. The number of hydrogen-bond donors (Lipinski definition) is 2. The van der Waals surface area contributed by atoms with Gasteiger partial charge in [-0.25, -0.2) is 0 Å². The molecule has 7 heteroatoms. The molecule has 4 rings (SSSR count). The van der Waals surface area contributed by atoms with E-state index in [0.29, 0.717) is 42.3 Å². The molecule has 0 atom stereocenters. The van der Waals surface area contributed by atoms with Crippen molar-refractivity contribution >= 4 is 23.2 Å². The molecule has 6 nitrogen and oxygen atoms in total. The number of aromatic amines is 1. The van der Waals surface area contributed by atoms with Gasteiger partial charge in [0.05, 0.1) is 40.9 Å². The van der Waals surface area contributed by atoms with Crippen molar-refractivity contribution in [1.29, 1.82) is 0 Å². The van der Waals surface area contributed by atoms with Gasteiger partial charge < -0.3 is 15.4 Å². The van der Waals surface area contributed by atoms with E-state index in [9.17, 15) is 4.79 Å². The predicted molar refractivity (Wildman–Crippen MR) is 123 cm³/mol. The summed E-state index contributed by atoms with van der Waals surface area (Å²) >= 11 is 6.57. The maximum atomic E-state index is 12.2. The van der Waals surface area contributed by atoms with Crippen LogP contribution in [0.5, 0.6) is 0 Å². The molecule has 2 heterocycles. The zero-order chi connectivity index (χ0) is 21.8. The minimum Gasteiger partial charge on any atom is -0.378 e. The van der Waals surface area contributed by atoms with Crippen LogP contribution in [0.15, 0.2) is 42.5 Å². The Morgan fingerprint density at radius 2 is 1.84 bits per heavy atom. The highest BCUT2D eigenvalue weighted by molar-refractivity contribution is 6.33. The number of carbonyl (C=O) groups excluding carboxylic acids is 1. The summed E-state index contributed by atoms with van der Waals surface area (Å²) in [5.74, 6) is -0.460. The highest BCUT2D eigenvalue weighted by Crippen LogP contribution is 2.29. The van der Waals surface area contributed by atoms with Gasteiger partial charge in [0.25, 0.3) is 5.91 Å². The number of nitrogens with zero attached hydrogens (tertiary/aromatic N) is 2. The number of rotatable bonds is 7. The van der Waals surface area contributed by atoms with Gasteiger partial charge in [-0.05, 0) is 43.0 Å². The molecule has 1 fully saturated rings. The number of aryl methyl sites for hydroxylation is 3. The number of amides is 1. The highest BCUT2D eigenvalue weighted by atomic mass is 35.5. The normalized spacial score (nSPS) is 14.1. The van der Waals surface area contributed by atoms with Crippen molar-refractivity contribution in [3.63, 3.8) is 0 Å². The number of carbonyl (C=O) groups is 1. The topological polar surface area (TPSA) is 84.2 Å². The lowest BCUT2D eigenvalue weighted by Gasteiger charge is -2.29.